The normalized spacial score (nSPS) is 44.0. The molecule has 4 aliphatic rings. The number of halogens is 1. The first kappa shape index (κ1) is 13.7. The predicted molar refractivity (Wildman–Crippen MR) is 77.3 cm³/mol. The lowest BCUT2D eigenvalue weighted by Crippen LogP contribution is -2.47. The van der Waals surface area contributed by atoms with Gasteiger partial charge in [-0.05, 0) is 50.0 Å². The Kier molecular flexibility index (Phi) is 3.78. The number of rotatable bonds is 1. The SMILES string of the molecule is Cl.O=C(C1C2CCCCC21)N1CCC2NCCC2C1. The largest absolute Gasteiger partial charge is 0.342 e. The van der Waals surface area contributed by atoms with Crippen LogP contribution in [0.15, 0.2) is 0 Å². The van der Waals surface area contributed by atoms with Crippen LogP contribution in [0.25, 0.3) is 0 Å². The topological polar surface area (TPSA) is 32.3 Å². The van der Waals surface area contributed by atoms with Gasteiger partial charge in [0.05, 0.1) is 0 Å². The molecule has 4 unspecified atom stereocenters. The summed E-state index contributed by atoms with van der Waals surface area (Å²) in [5, 5.41) is 3.57. The Morgan fingerprint density at radius 1 is 1.05 bits per heavy atom. The van der Waals surface area contributed by atoms with E-state index in [0.29, 0.717) is 17.9 Å². The minimum Gasteiger partial charge on any atom is -0.342 e. The second-order valence-electron chi connectivity index (χ2n) is 6.82. The van der Waals surface area contributed by atoms with Gasteiger partial charge in [-0.15, -0.1) is 12.4 Å². The van der Waals surface area contributed by atoms with E-state index in [1.54, 1.807) is 0 Å². The summed E-state index contributed by atoms with van der Waals surface area (Å²) in [6, 6.07) is 0.704. The van der Waals surface area contributed by atoms with Gasteiger partial charge in [-0.2, -0.15) is 0 Å². The summed E-state index contributed by atoms with van der Waals surface area (Å²) in [4.78, 5) is 14.8. The van der Waals surface area contributed by atoms with Gasteiger partial charge in [0.25, 0.3) is 0 Å². The average molecular weight is 285 g/mol. The molecule has 4 atom stereocenters. The summed E-state index contributed by atoms with van der Waals surface area (Å²) < 4.78 is 0. The third kappa shape index (κ3) is 2.29. The summed E-state index contributed by atoms with van der Waals surface area (Å²) in [7, 11) is 0. The quantitative estimate of drug-likeness (QED) is 0.799. The van der Waals surface area contributed by atoms with E-state index in [1.807, 2.05) is 0 Å². The minimum absolute atomic E-state index is 0. The van der Waals surface area contributed by atoms with Crippen molar-refractivity contribution in [3.05, 3.63) is 0 Å². The third-order valence-corrected chi connectivity index (χ3v) is 5.91. The maximum atomic E-state index is 12.6. The number of nitrogens with one attached hydrogen (secondary N) is 1. The van der Waals surface area contributed by atoms with Gasteiger partial charge in [0, 0.05) is 25.0 Å². The molecular weight excluding hydrogens is 260 g/mol. The Morgan fingerprint density at radius 2 is 1.79 bits per heavy atom. The minimum atomic E-state index is 0. The van der Waals surface area contributed by atoms with Gasteiger partial charge in [-0.3, -0.25) is 4.79 Å². The van der Waals surface area contributed by atoms with Crippen molar-refractivity contribution in [1.29, 1.82) is 0 Å². The highest BCUT2D eigenvalue weighted by Crippen LogP contribution is 2.56. The summed E-state index contributed by atoms with van der Waals surface area (Å²) >= 11 is 0. The third-order valence-electron chi connectivity index (χ3n) is 5.91. The smallest absolute Gasteiger partial charge is 0.226 e. The number of hydrogen-bond donors (Lipinski definition) is 1. The van der Waals surface area contributed by atoms with Crippen LogP contribution in [0.4, 0.5) is 0 Å². The molecule has 0 spiro atoms. The van der Waals surface area contributed by atoms with Crippen LogP contribution in [-0.4, -0.2) is 36.5 Å². The Labute approximate surface area is 121 Å². The zero-order valence-electron chi connectivity index (χ0n) is 11.5. The van der Waals surface area contributed by atoms with E-state index in [0.717, 1.165) is 37.4 Å². The molecule has 2 saturated heterocycles. The van der Waals surface area contributed by atoms with Gasteiger partial charge in [0.15, 0.2) is 0 Å². The molecule has 2 heterocycles. The average Bonchev–Trinajstić information content (AvgIpc) is 2.95. The van der Waals surface area contributed by atoms with Crippen molar-refractivity contribution in [3.63, 3.8) is 0 Å². The van der Waals surface area contributed by atoms with Crippen molar-refractivity contribution >= 4 is 18.3 Å². The lowest BCUT2D eigenvalue weighted by Gasteiger charge is -2.35. The molecule has 4 heteroatoms. The van der Waals surface area contributed by atoms with E-state index in [-0.39, 0.29) is 12.4 Å². The summed E-state index contributed by atoms with van der Waals surface area (Å²) in [5.74, 6) is 3.22. The van der Waals surface area contributed by atoms with Gasteiger partial charge >= 0.3 is 0 Å². The van der Waals surface area contributed by atoms with Crippen molar-refractivity contribution in [1.82, 2.24) is 10.2 Å². The fraction of sp³-hybridized carbons (Fsp3) is 0.933. The Morgan fingerprint density at radius 3 is 2.53 bits per heavy atom. The number of nitrogens with zero attached hydrogens (tertiary/aromatic N) is 1. The fourth-order valence-electron chi connectivity index (χ4n) is 4.82. The monoisotopic (exact) mass is 284 g/mol. The van der Waals surface area contributed by atoms with Crippen molar-refractivity contribution in [2.75, 3.05) is 19.6 Å². The molecule has 3 nitrogen and oxygen atoms in total. The van der Waals surface area contributed by atoms with Crippen molar-refractivity contribution < 1.29 is 4.79 Å². The molecule has 2 aliphatic carbocycles. The standard InChI is InChI=1S/C15H24N2O.ClH/c18-15(14-11-3-1-2-4-12(11)14)17-8-6-13-10(9-17)5-7-16-13;/h10-14,16H,1-9H2;1H. The summed E-state index contributed by atoms with van der Waals surface area (Å²) in [6.45, 7) is 3.20. The lowest BCUT2D eigenvalue weighted by atomic mass is 9.93. The van der Waals surface area contributed by atoms with Crippen LogP contribution < -0.4 is 5.32 Å². The zero-order chi connectivity index (χ0) is 12.1. The fourth-order valence-corrected chi connectivity index (χ4v) is 4.82. The second-order valence-corrected chi connectivity index (χ2v) is 6.82. The number of likely N-dealkylation sites (tertiary alicyclic amines) is 1. The highest BCUT2D eigenvalue weighted by atomic mass is 35.5. The number of carbonyl (C=O) groups excluding carboxylic acids is 1. The van der Waals surface area contributed by atoms with Crippen molar-refractivity contribution in [2.24, 2.45) is 23.7 Å². The van der Waals surface area contributed by atoms with Crippen molar-refractivity contribution in [2.45, 2.75) is 44.6 Å². The molecule has 4 fully saturated rings. The molecule has 0 radical (unpaired) electrons. The molecule has 1 amide bonds. The summed E-state index contributed by atoms with van der Waals surface area (Å²) in [5.41, 5.74) is 0. The van der Waals surface area contributed by atoms with Crippen LogP contribution in [0.2, 0.25) is 0 Å². The Hall–Kier alpha value is -0.280. The Bertz CT molecular complexity index is 350. The van der Waals surface area contributed by atoms with Crippen LogP contribution in [0, 0.1) is 23.7 Å². The number of hydrogen-bond acceptors (Lipinski definition) is 2. The van der Waals surface area contributed by atoms with Gasteiger partial charge in [-0.1, -0.05) is 12.8 Å². The number of amides is 1. The molecular formula is C15H25ClN2O. The van der Waals surface area contributed by atoms with E-state index in [1.165, 1.54) is 38.5 Å². The molecule has 0 aromatic carbocycles. The van der Waals surface area contributed by atoms with Crippen LogP contribution in [0.5, 0.6) is 0 Å². The first-order valence-corrected chi connectivity index (χ1v) is 7.87. The van der Waals surface area contributed by atoms with Crippen LogP contribution in [0.3, 0.4) is 0 Å². The van der Waals surface area contributed by atoms with Crippen molar-refractivity contribution in [3.8, 4) is 0 Å². The first-order chi connectivity index (χ1) is 8.84. The van der Waals surface area contributed by atoms with Crippen LogP contribution in [0.1, 0.15) is 38.5 Å². The molecule has 2 aliphatic heterocycles. The number of piperidine rings is 1. The van der Waals surface area contributed by atoms with Gasteiger partial charge in [0.2, 0.25) is 5.91 Å². The van der Waals surface area contributed by atoms with Crippen LogP contribution in [-0.2, 0) is 4.79 Å². The molecule has 2 saturated carbocycles. The van der Waals surface area contributed by atoms with Gasteiger partial charge < -0.3 is 10.2 Å². The number of carbonyl (C=O) groups is 1. The molecule has 0 aromatic rings. The molecule has 0 aromatic heterocycles. The van der Waals surface area contributed by atoms with E-state index >= 15 is 0 Å². The highest BCUT2D eigenvalue weighted by molar-refractivity contribution is 5.85. The van der Waals surface area contributed by atoms with E-state index in [2.05, 4.69) is 10.2 Å². The molecule has 1 N–H and O–H groups in total. The maximum absolute atomic E-state index is 12.6. The highest BCUT2D eigenvalue weighted by Gasteiger charge is 2.56. The van der Waals surface area contributed by atoms with E-state index < -0.39 is 0 Å². The molecule has 19 heavy (non-hydrogen) atoms. The van der Waals surface area contributed by atoms with E-state index in [4.69, 9.17) is 0 Å². The molecule has 4 rings (SSSR count). The Balaban J connectivity index is 0.00000110. The summed E-state index contributed by atoms with van der Waals surface area (Å²) in [6.07, 6.45) is 7.81. The zero-order valence-corrected chi connectivity index (χ0v) is 12.3. The van der Waals surface area contributed by atoms with Gasteiger partial charge in [-0.25, -0.2) is 0 Å². The predicted octanol–water partition coefficient (Wildman–Crippen LogP) is 2.05. The molecule has 108 valence electrons. The first-order valence-electron chi connectivity index (χ1n) is 7.87. The maximum Gasteiger partial charge on any atom is 0.226 e. The second kappa shape index (κ2) is 5.25. The van der Waals surface area contributed by atoms with E-state index in [9.17, 15) is 4.79 Å². The molecule has 0 bridgehead atoms. The van der Waals surface area contributed by atoms with Crippen LogP contribution >= 0.6 is 12.4 Å². The number of fused-ring (bicyclic) bond motifs is 2. The lowest BCUT2D eigenvalue weighted by molar-refractivity contribution is -0.135. The van der Waals surface area contributed by atoms with Gasteiger partial charge in [0.1, 0.15) is 0 Å².